The van der Waals surface area contributed by atoms with E-state index < -0.39 is 0 Å². The van der Waals surface area contributed by atoms with E-state index >= 15 is 0 Å². The molecule has 0 aliphatic carbocycles. The Labute approximate surface area is 112 Å². The minimum absolute atomic E-state index is 0.0324. The Morgan fingerprint density at radius 2 is 2.21 bits per heavy atom. The van der Waals surface area contributed by atoms with Crippen LogP contribution in [0.15, 0.2) is 35.1 Å². The Balaban J connectivity index is 2.03. The number of hydrogen-bond donors (Lipinski definition) is 2. The number of benzene rings is 1. The van der Waals surface area contributed by atoms with Crippen molar-refractivity contribution in [2.75, 3.05) is 18.4 Å². The Hall–Kier alpha value is -1.81. The van der Waals surface area contributed by atoms with Crippen molar-refractivity contribution in [2.24, 2.45) is 7.05 Å². The van der Waals surface area contributed by atoms with E-state index in [0.29, 0.717) is 6.04 Å². The van der Waals surface area contributed by atoms with E-state index in [2.05, 4.69) is 16.7 Å². The second kappa shape index (κ2) is 5.05. The van der Waals surface area contributed by atoms with Gasteiger partial charge in [0.1, 0.15) is 0 Å². The highest BCUT2D eigenvalue weighted by molar-refractivity contribution is 5.91. The predicted molar refractivity (Wildman–Crippen MR) is 78.7 cm³/mol. The molecule has 0 saturated carbocycles. The van der Waals surface area contributed by atoms with Gasteiger partial charge >= 0.3 is 0 Å². The molecule has 2 heterocycles. The highest BCUT2D eigenvalue weighted by atomic mass is 16.1. The quantitative estimate of drug-likeness (QED) is 0.861. The summed E-state index contributed by atoms with van der Waals surface area (Å²) in [5, 5.41) is 8.01. The van der Waals surface area contributed by atoms with Gasteiger partial charge in [0.25, 0.3) is 5.56 Å². The molecule has 2 N–H and O–H groups in total. The summed E-state index contributed by atoms with van der Waals surface area (Å²) in [6.45, 7) is 2.05. The van der Waals surface area contributed by atoms with Crippen LogP contribution in [0.3, 0.4) is 0 Å². The first-order valence-electron chi connectivity index (χ1n) is 6.82. The lowest BCUT2D eigenvalue weighted by Crippen LogP contribution is -2.38. The number of fused-ring (bicyclic) bond motifs is 1. The molecule has 4 heteroatoms. The molecule has 2 aromatic rings. The Bertz CT molecular complexity index is 641. The average Bonchev–Trinajstić information content (AvgIpc) is 2.46. The fourth-order valence-corrected chi connectivity index (χ4v) is 2.72. The van der Waals surface area contributed by atoms with Crippen LogP contribution < -0.4 is 16.2 Å². The number of aromatic nitrogens is 1. The molecular weight excluding hydrogens is 238 g/mol. The van der Waals surface area contributed by atoms with Gasteiger partial charge in [0, 0.05) is 36.8 Å². The largest absolute Gasteiger partial charge is 0.380 e. The van der Waals surface area contributed by atoms with Crippen LogP contribution in [0.25, 0.3) is 10.9 Å². The van der Waals surface area contributed by atoms with Crippen molar-refractivity contribution >= 4 is 16.6 Å². The Morgan fingerprint density at radius 1 is 1.37 bits per heavy atom. The molecule has 1 fully saturated rings. The summed E-state index contributed by atoms with van der Waals surface area (Å²) >= 11 is 0. The zero-order chi connectivity index (χ0) is 13.2. The van der Waals surface area contributed by atoms with Crippen molar-refractivity contribution in [2.45, 2.75) is 18.9 Å². The third kappa shape index (κ3) is 2.36. The molecule has 1 aliphatic heterocycles. The molecule has 1 atom stereocenters. The second-order valence-electron chi connectivity index (χ2n) is 5.16. The fraction of sp³-hybridized carbons (Fsp3) is 0.400. The molecule has 1 saturated heterocycles. The number of anilines is 1. The normalized spacial score (nSPS) is 19.5. The van der Waals surface area contributed by atoms with E-state index in [4.69, 9.17) is 0 Å². The molecule has 0 spiro atoms. The first kappa shape index (κ1) is 12.2. The molecule has 1 aromatic carbocycles. The number of nitrogens with zero attached hydrogens (tertiary/aromatic N) is 1. The van der Waals surface area contributed by atoms with Crippen LogP contribution in [0.2, 0.25) is 0 Å². The van der Waals surface area contributed by atoms with E-state index in [0.717, 1.165) is 36.1 Å². The van der Waals surface area contributed by atoms with E-state index in [1.807, 2.05) is 25.2 Å². The molecule has 3 rings (SSSR count). The highest BCUT2D eigenvalue weighted by Crippen LogP contribution is 2.22. The number of aryl methyl sites for hydroxylation is 1. The molecule has 1 aromatic heterocycles. The summed E-state index contributed by atoms with van der Waals surface area (Å²) in [5.74, 6) is 0. The predicted octanol–water partition coefficient (Wildman–Crippen LogP) is 1.70. The van der Waals surface area contributed by atoms with Gasteiger partial charge in [0.05, 0.1) is 5.52 Å². The van der Waals surface area contributed by atoms with Crippen molar-refractivity contribution in [1.29, 1.82) is 0 Å². The summed E-state index contributed by atoms with van der Waals surface area (Å²) in [7, 11) is 1.82. The number of rotatable bonds is 2. The van der Waals surface area contributed by atoms with Crippen molar-refractivity contribution in [3.63, 3.8) is 0 Å². The lowest BCUT2D eigenvalue weighted by atomic mass is 10.1. The third-order valence-corrected chi connectivity index (χ3v) is 3.81. The van der Waals surface area contributed by atoms with Crippen LogP contribution in [-0.2, 0) is 7.05 Å². The number of nitrogens with one attached hydrogen (secondary N) is 2. The van der Waals surface area contributed by atoms with Crippen LogP contribution in [0.5, 0.6) is 0 Å². The average molecular weight is 257 g/mol. The zero-order valence-electron chi connectivity index (χ0n) is 11.1. The smallest absolute Gasteiger partial charge is 0.252 e. The van der Waals surface area contributed by atoms with E-state index in [1.165, 1.54) is 6.42 Å². The van der Waals surface area contributed by atoms with Crippen LogP contribution in [0.1, 0.15) is 12.8 Å². The van der Waals surface area contributed by atoms with Crippen molar-refractivity contribution in [3.8, 4) is 0 Å². The molecular formula is C15H19N3O. The molecule has 0 amide bonds. The lowest BCUT2D eigenvalue weighted by molar-refractivity contribution is 0.480. The van der Waals surface area contributed by atoms with Crippen LogP contribution in [0, 0.1) is 0 Å². The topological polar surface area (TPSA) is 46.1 Å². The van der Waals surface area contributed by atoms with Crippen molar-refractivity contribution in [1.82, 2.24) is 9.88 Å². The second-order valence-corrected chi connectivity index (χ2v) is 5.16. The summed E-state index contributed by atoms with van der Waals surface area (Å²) in [4.78, 5) is 12.0. The number of piperidine rings is 1. The third-order valence-electron chi connectivity index (χ3n) is 3.81. The monoisotopic (exact) mass is 257 g/mol. The minimum Gasteiger partial charge on any atom is -0.380 e. The standard InChI is InChI=1S/C15H19N3O/c1-18-14-7-3-2-6-12(14)13(9-15(18)19)17-11-5-4-8-16-10-11/h2-3,6-7,9,11,16-17H,4-5,8,10H2,1H3. The molecule has 1 unspecified atom stereocenters. The molecule has 100 valence electrons. The highest BCUT2D eigenvalue weighted by Gasteiger charge is 2.14. The number of pyridine rings is 1. The minimum atomic E-state index is 0.0324. The van der Waals surface area contributed by atoms with Crippen molar-refractivity contribution < 1.29 is 0 Å². The van der Waals surface area contributed by atoms with Gasteiger partial charge in [-0.15, -0.1) is 0 Å². The molecule has 4 nitrogen and oxygen atoms in total. The van der Waals surface area contributed by atoms with Gasteiger partial charge in [0.2, 0.25) is 0 Å². The first-order chi connectivity index (χ1) is 9.25. The fourth-order valence-electron chi connectivity index (χ4n) is 2.72. The zero-order valence-corrected chi connectivity index (χ0v) is 11.1. The van der Waals surface area contributed by atoms with Crippen LogP contribution >= 0.6 is 0 Å². The van der Waals surface area contributed by atoms with Gasteiger partial charge in [-0.1, -0.05) is 18.2 Å². The molecule has 1 aliphatic rings. The van der Waals surface area contributed by atoms with E-state index in [-0.39, 0.29) is 5.56 Å². The van der Waals surface area contributed by atoms with Gasteiger partial charge < -0.3 is 15.2 Å². The maximum Gasteiger partial charge on any atom is 0.252 e. The molecule has 19 heavy (non-hydrogen) atoms. The summed E-state index contributed by atoms with van der Waals surface area (Å²) < 4.78 is 1.69. The van der Waals surface area contributed by atoms with Gasteiger partial charge in [-0.2, -0.15) is 0 Å². The van der Waals surface area contributed by atoms with E-state index in [9.17, 15) is 4.79 Å². The van der Waals surface area contributed by atoms with Gasteiger partial charge in [-0.05, 0) is 25.5 Å². The summed E-state index contributed by atoms with van der Waals surface area (Å²) in [6, 6.07) is 10.1. The number of hydrogen-bond acceptors (Lipinski definition) is 3. The van der Waals surface area contributed by atoms with Crippen molar-refractivity contribution in [3.05, 3.63) is 40.7 Å². The molecule has 0 radical (unpaired) electrons. The van der Waals surface area contributed by atoms with Crippen LogP contribution in [-0.4, -0.2) is 23.7 Å². The van der Waals surface area contributed by atoms with Gasteiger partial charge in [-0.3, -0.25) is 4.79 Å². The van der Waals surface area contributed by atoms with Gasteiger partial charge in [-0.25, -0.2) is 0 Å². The van der Waals surface area contributed by atoms with Crippen LogP contribution in [0.4, 0.5) is 5.69 Å². The Morgan fingerprint density at radius 3 is 3.00 bits per heavy atom. The first-order valence-corrected chi connectivity index (χ1v) is 6.82. The summed E-state index contributed by atoms with van der Waals surface area (Å²) in [6.07, 6.45) is 2.33. The SMILES string of the molecule is Cn1c(=O)cc(NC2CCCNC2)c2ccccc21. The van der Waals surface area contributed by atoms with E-state index in [1.54, 1.807) is 10.6 Å². The lowest BCUT2D eigenvalue weighted by Gasteiger charge is -2.25. The maximum atomic E-state index is 12.0. The summed E-state index contributed by atoms with van der Waals surface area (Å²) in [5.41, 5.74) is 1.96. The number of para-hydroxylation sites is 1. The van der Waals surface area contributed by atoms with Gasteiger partial charge in [0.15, 0.2) is 0 Å². The molecule has 0 bridgehead atoms. The Kier molecular flexibility index (Phi) is 3.25. The maximum absolute atomic E-state index is 12.0.